The van der Waals surface area contributed by atoms with Crippen molar-refractivity contribution in [2.45, 2.75) is 38.2 Å². The molecule has 2 N–H and O–H groups in total. The Bertz CT molecular complexity index is 938. The fourth-order valence-corrected chi connectivity index (χ4v) is 3.92. The van der Waals surface area contributed by atoms with Gasteiger partial charge in [-0.3, -0.25) is 9.52 Å². The number of nitrogens with one attached hydrogen (secondary N) is 2. The maximum absolute atomic E-state index is 12.8. The third-order valence-electron chi connectivity index (χ3n) is 4.17. The quantitative estimate of drug-likeness (QED) is 0.877. The lowest BCUT2D eigenvalue weighted by Crippen LogP contribution is -2.34. The number of carbonyl (C=O) groups excluding carboxylic acids is 1. The van der Waals surface area contributed by atoms with E-state index in [2.05, 4.69) is 10.0 Å². The summed E-state index contributed by atoms with van der Waals surface area (Å²) in [5.74, 6) is 0.151. The smallest absolute Gasteiger partial charge is 0.265 e. The molecule has 132 valence electrons. The lowest BCUT2D eigenvalue weighted by atomic mass is 10.1. The van der Waals surface area contributed by atoms with Gasteiger partial charge < -0.3 is 10.1 Å². The van der Waals surface area contributed by atoms with Gasteiger partial charge in [0, 0.05) is 0 Å². The van der Waals surface area contributed by atoms with E-state index < -0.39 is 16.1 Å². The van der Waals surface area contributed by atoms with Gasteiger partial charge in [-0.1, -0.05) is 25.1 Å². The number of hydrogen-bond acceptors (Lipinski definition) is 4. The Morgan fingerprint density at radius 3 is 2.72 bits per heavy atom. The van der Waals surface area contributed by atoms with Crippen LogP contribution in [-0.4, -0.2) is 20.4 Å². The number of hydrogen-bond donors (Lipinski definition) is 2. The van der Waals surface area contributed by atoms with Gasteiger partial charge in [0.1, 0.15) is 5.75 Å². The minimum Gasteiger partial charge on any atom is -0.479 e. The molecule has 0 saturated carbocycles. The zero-order valence-corrected chi connectivity index (χ0v) is 15.1. The predicted molar refractivity (Wildman–Crippen MR) is 96.5 cm³/mol. The van der Waals surface area contributed by atoms with E-state index in [9.17, 15) is 13.2 Å². The Labute approximate surface area is 147 Å². The van der Waals surface area contributed by atoms with Crippen LogP contribution in [0.1, 0.15) is 25.0 Å². The van der Waals surface area contributed by atoms with Crippen LogP contribution in [0.3, 0.4) is 0 Å². The Morgan fingerprint density at radius 2 is 2.00 bits per heavy atom. The number of aryl methyl sites for hydroxylation is 2. The van der Waals surface area contributed by atoms with Crippen LogP contribution >= 0.6 is 0 Å². The third-order valence-corrected chi connectivity index (χ3v) is 5.52. The summed E-state index contributed by atoms with van der Waals surface area (Å²) in [5, 5.41) is 2.66. The minimum atomic E-state index is -3.79. The Hall–Kier alpha value is -2.54. The number of carbonyl (C=O) groups is 1. The van der Waals surface area contributed by atoms with E-state index in [-0.39, 0.29) is 10.8 Å². The van der Waals surface area contributed by atoms with Crippen LogP contribution in [0.5, 0.6) is 5.75 Å². The Balaban J connectivity index is 1.97. The van der Waals surface area contributed by atoms with Gasteiger partial charge in [-0.2, -0.15) is 0 Å². The van der Waals surface area contributed by atoms with Crippen LogP contribution in [0.4, 0.5) is 11.4 Å². The minimum absolute atomic E-state index is 0.0648. The summed E-state index contributed by atoms with van der Waals surface area (Å²) in [6.07, 6.45) is 0.109. The molecular formula is C18H20N2O4S. The van der Waals surface area contributed by atoms with Crippen molar-refractivity contribution >= 4 is 27.3 Å². The van der Waals surface area contributed by atoms with E-state index in [4.69, 9.17) is 4.74 Å². The average molecular weight is 360 g/mol. The first-order valence-corrected chi connectivity index (χ1v) is 9.53. The van der Waals surface area contributed by atoms with E-state index in [0.29, 0.717) is 23.5 Å². The lowest BCUT2D eigenvalue weighted by molar-refractivity contribution is -0.122. The summed E-state index contributed by atoms with van der Waals surface area (Å²) >= 11 is 0. The topological polar surface area (TPSA) is 84.5 Å². The molecule has 0 radical (unpaired) electrons. The van der Waals surface area contributed by atoms with Gasteiger partial charge in [-0.25, -0.2) is 8.42 Å². The second kappa shape index (κ2) is 6.40. The summed E-state index contributed by atoms with van der Waals surface area (Å²) in [4.78, 5) is 11.8. The van der Waals surface area contributed by atoms with Crippen molar-refractivity contribution in [3.63, 3.8) is 0 Å². The molecule has 0 saturated heterocycles. The maximum atomic E-state index is 12.8. The summed E-state index contributed by atoms with van der Waals surface area (Å²) < 4.78 is 33.7. The fraction of sp³-hybridized carbons (Fsp3) is 0.278. The fourth-order valence-electron chi connectivity index (χ4n) is 2.72. The Kier molecular flexibility index (Phi) is 4.43. The molecule has 1 atom stereocenters. The van der Waals surface area contributed by atoms with E-state index in [0.717, 1.165) is 11.1 Å². The third kappa shape index (κ3) is 3.32. The molecular weight excluding hydrogens is 340 g/mol. The number of ether oxygens (including phenoxy) is 1. The van der Waals surface area contributed by atoms with Gasteiger partial charge in [0.2, 0.25) is 0 Å². The number of rotatable bonds is 4. The van der Waals surface area contributed by atoms with Crippen molar-refractivity contribution in [3.8, 4) is 5.75 Å². The maximum Gasteiger partial charge on any atom is 0.265 e. The first kappa shape index (κ1) is 17.3. The van der Waals surface area contributed by atoms with Crippen molar-refractivity contribution < 1.29 is 17.9 Å². The van der Waals surface area contributed by atoms with Crippen LogP contribution < -0.4 is 14.8 Å². The van der Waals surface area contributed by atoms with E-state index in [1.54, 1.807) is 13.0 Å². The van der Waals surface area contributed by atoms with Crippen LogP contribution in [-0.2, 0) is 21.2 Å². The molecule has 2 aromatic carbocycles. The number of fused-ring (bicyclic) bond motifs is 1. The standard InChI is InChI=1S/C18H20N2O4S/c1-4-13-7-5-6-11(2)17(13)20-25(22,23)14-8-9-16-15(10-14)19-18(21)12(3)24-16/h5-10,12,20H,4H2,1-3H3,(H,19,21). The van der Waals surface area contributed by atoms with Gasteiger partial charge in [0.25, 0.3) is 15.9 Å². The first-order valence-electron chi connectivity index (χ1n) is 8.04. The molecule has 3 rings (SSSR count). The van der Waals surface area contributed by atoms with Crippen LogP contribution in [0.2, 0.25) is 0 Å². The summed E-state index contributed by atoms with van der Waals surface area (Å²) in [7, 11) is -3.79. The van der Waals surface area contributed by atoms with Crippen LogP contribution in [0.15, 0.2) is 41.3 Å². The zero-order chi connectivity index (χ0) is 18.2. The molecule has 1 amide bonds. The molecule has 1 heterocycles. The van der Waals surface area contributed by atoms with Gasteiger partial charge in [0.15, 0.2) is 6.10 Å². The highest BCUT2D eigenvalue weighted by atomic mass is 32.2. The molecule has 0 aromatic heterocycles. The van der Waals surface area contributed by atoms with E-state index >= 15 is 0 Å². The molecule has 7 heteroatoms. The summed E-state index contributed by atoms with van der Waals surface area (Å²) in [5.41, 5.74) is 2.72. The number of benzene rings is 2. The van der Waals surface area contributed by atoms with Crippen molar-refractivity contribution in [2.24, 2.45) is 0 Å². The lowest BCUT2D eigenvalue weighted by Gasteiger charge is -2.23. The van der Waals surface area contributed by atoms with Crippen molar-refractivity contribution in [1.82, 2.24) is 0 Å². The van der Waals surface area contributed by atoms with E-state index in [1.807, 2.05) is 32.0 Å². The van der Waals surface area contributed by atoms with Crippen LogP contribution in [0.25, 0.3) is 0 Å². The van der Waals surface area contributed by atoms with E-state index in [1.165, 1.54) is 12.1 Å². The highest BCUT2D eigenvalue weighted by Crippen LogP contribution is 2.33. The van der Waals surface area contributed by atoms with Gasteiger partial charge in [0.05, 0.1) is 16.3 Å². The molecule has 6 nitrogen and oxygen atoms in total. The molecule has 1 aliphatic heterocycles. The number of sulfonamides is 1. The second-order valence-corrected chi connectivity index (χ2v) is 7.66. The summed E-state index contributed by atoms with van der Waals surface area (Å²) in [6.45, 7) is 5.47. The monoisotopic (exact) mass is 360 g/mol. The Morgan fingerprint density at radius 1 is 1.24 bits per heavy atom. The molecule has 1 aliphatic rings. The molecule has 25 heavy (non-hydrogen) atoms. The van der Waals surface area contributed by atoms with Gasteiger partial charge in [-0.05, 0) is 49.6 Å². The molecule has 2 aromatic rings. The normalized spacial score (nSPS) is 16.6. The molecule has 0 spiro atoms. The largest absolute Gasteiger partial charge is 0.479 e. The number of anilines is 2. The number of para-hydroxylation sites is 1. The zero-order valence-electron chi connectivity index (χ0n) is 14.3. The summed E-state index contributed by atoms with van der Waals surface area (Å²) in [6, 6.07) is 10.1. The predicted octanol–water partition coefficient (Wildman–Crippen LogP) is 3.08. The van der Waals surface area contributed by atoms with Gasteiger partial charge in [-0.15, -0.1) is 0 Å². The molecule has 0 aliphatic carbocycles. The molecule has 1 unspecified atom stereocenters. The highest BCUT2D eigenvalue weighted by Gasteiger charge is 2.26. The molecule has 0 fully saturated rings. The van der Waals surface area contributed by atoms with Gasteiger partial charge >= 0.3 is 0 Å². The average Bonchev–Trinajstić information content (AvgIpc) is 2.57. The van der Waals surface area contributed by atoms with Crippen molar-refractivity contribution in [2.75, 3.05) is 10.0 Å². The van der Waals surface area contributed by atoms with Crippen LogP contribution in [0, 0.1) is 6.92 Å². The highest BCUT2D eigenvalue weighted by molar-refractivity contribution is 7.92. The van der Waals surface area contributed by atoms with Crippen molar-refractivity contribution in [3.05, 3.63) is 47.5 Å². The number of amides is 1. The SMILES string of the molecule is CCc1cccc(C)c1NS(=O)(=O)c1ccc2c(c1)NC(=O)C(C)O2. The second-order valence-electron chi connectivity index (χ2n) is 5.98. The molecule has 0 bridgehead atoms. The first-order chi connectivity index (χ1) is 11.8. The van der Waals surface area contributed by atoms with Crippen molar-refractivity contribution in [1.29, 1.82) is 0 Å².